The highest BCUT2D eigenvalue weighted by Gasteiger charge is 2.24. The number of rotatable bonds is 8. The van der Waals surface area contributed by atoms with E-state index in [-0.39, 0.29) is 24.4 Å². The van der Waals surface area contributed by atoms with Crippen molar-refractivity contribution in [2.45, 2.75) is 39.7 Å². The molecule has 29 heavy (non-hydrogen) atoms. The number of nitrogens with zero attached hydrogens (tertiary/aromatic N) is 1. The first-order valence-corrected chi connectivity index (χ1v) is 10.3. The Kier molecular flexibility index (Phi) is 6.44. The molecule has 0 fully saturated rings. The molecule has 150 valence electrons. The van der Waals surface area contributed by atoms with Crippen molar-refractivity contribution in [1.82, 2.24) is 4.57 Å². The predicted octanol–water partition coefficient (Wildman–Crippen LogP) is 4.93. The molecule has 0 aliphatic rings. The van der Waals surface area contributed by atoms with Crippen LogP contribution in [0, 0.1) is 13.8 Å². The van der Waals surface area contributed by atoms with Crippen molar-refractivity contribution < 1.29 is 19.1 Å². The highest BCUT2D eigenvalue weighted by molar-refractivity contribution is 7.12. The zero-order valence-corrected chi connectivity index (χ0v) is 17.5. The number of hydrogen-bond acceptors (Lipinski definition) is 5. The smallest absolute Gasteiger partial charge is 0.306 e. The van der Waals surface area contributed by atoms with Gasteiger partial charge in [-0.05, 0) is 50.4 Å². The van der Waals surface area contributed by atoms with Crippen molar-refractivity contribution in [3.8, 4) is 5.69 Å². The number of aromatic nitrogens is 1. The van der Waals surface area contributed by atoms with E-state index in [1.165, 1.54) is 11.3 Å². The van der Waals surface area contributed by atoms with E-state index in [0.717, 1.165) is 17.1 Å². The lowest BCUT2D eigenvalue weighted by molar-refractivity contribution is -0.146. The first-order valence-electron chi connectivity index (χ1n) is 9.43. The number of carbonyl (C=O) groups excluding carboxylic acids is 3. The normalized spacial score (nSPS) is 11.8. The van der Waals surface area contributed by atoms with Gasteiger partial charge < -0.3 is 9.30 Å². The van der Waals surface area contributed by atoms with E-state index in [4.69, 9.17) is 4.74 Å². The van der Waals surface area contributed by atoms with Gasteiger partial charge in [-0.2, -0.15) is 0 Å². The van der Waals surface area contributed by atoms with Gasteiger partial charge in [0, 0.05) is 29.1 Å². The van der Waals surface area contributed by atoms with E-state index in [2.05, 4.69) is 0 Å². The maximum absolute atomic E-state index is 12.9. The van der Waals surface area contributed by atoms with E-state index in [9.17, 15) is 14.4 Å². The van der Waals surface area contributed by atoms with Crippen molar-refractivity contribution in [2.24, 2.45) is 0 Å². The van der Waals surface area contributed by atoms with E-state index in [0.29, 0.717) is 10.4 Å². The lowest BCUT2D eigenvalue weighted by Gasteiger charge is -2.13. The highest BCUT2D eigenvalue weighted by atomic mass is 32.1. The molecule has 2 aromatic heterocycles. The molecule has 5 nitrogen and oxygen atoms in total. The highest BCUT2D eigenvalue weighted by Crippen LogP contribution is 2.22. The average Bonchev–Trinajstić information content (AvgIpc) is 3.34. The molecule has 1 atom stereocenters. The first kappa shape index (κ1) is 20.7. The molecule has 0 bridgehead atoms. The summed E-state index contributed by atoms with van der Waals surface area (Å²) in [4.78, 5) is 37.6. The van der Waals surface area contributed by atoms with Crippen LogP contribution >= 0.6 is 11.3 Å². The average molecular weight is 410 g/mol. The van der Waals surface area contributed by atoms with Crippen LogP contribution < -0.4 is 0 Å². The molecule has 0 radical (unpaired) electrons. The summed E-state index contributed by atoms with van der Waals surface area (Å²) in [6.45, 7) is 5.38. The third kappa shape index (κ3) is 4.71. The number of carbonyl (C=O) groups is 3. The molecule has 0 saturated carbocycles. The van der Waals surface area contributed by atoms with Crippen molar-refractivity contribution in [2.75, 3.05) is 0 Å². The topological polar surface area (TPSA) is 65.4 Å². The molecule has 0 saturated heterocycles. The summed E-state index contributed by atoms with van der Waals surface area (Å²) in [5.74, 6) is -0.895. The minimum absolute atomic E-state index is 0.0443. The number of esters is 1. The van der Waals surface area contributed by atoms with E-state index >= 15 is 0 Å². The molecule has 2 heterocycles. The number of hydrogen-bond donors (Lipinski definition) is 0. The van der Waals surface area contributed by atoms with Gasteiger partial charge in [-0.25, -0.2) is 0 Å². The summed E-state index contributed by atoms with van der Waals surface area (Å²) in [6, 6.07) is 15.1. The van der Waals surface area contributed by atoms with Gasteiger partial charge in [0.2, 0.25) is 5.78 Å². The van der Waals surface area contributed by atoms with Crippen molar-refractivity contribution in [3.63, 3.8) is 0 Å². The number of Topliss-reactive ketones (excluding diaryl/α,β-unsaturated/α-hetero) is 2. The molecule has 1 aromatic carbocycles. The van der Waals surface area contributed by atoms with Gasteiger partial charge in [0.15, 0.2) is 11.9 Å². The minimum Gasteiger partial charge on any atom is -0.454 e. The molecule has 3 aromatic rings. The minimum atomic E-state index is -0.913. The fraction of sp³-hybridized carbons (Fsp3) is 0.261. The van der Waals surface area contributed by atoms with E-state index in [1.807, 2.05) is 60.2 Å². The summed E-state index contributed by atoms with van der Waals surface area (Å²) in [6.07, 6.45) is -0.885. The molecule has 3 rings (SSSR count). The quantitative estimate of drug-likeness (QED) is 0.391. The monoisotopic (exact) mass is 409 g/mol. The fourth-order valence-corrected chi connectivity index (χ4v) is 3.99. The Balaban J connectivity index is 1.64. The molecular formula is C23H23NO4S. The van der Waals surface area contributed by atoms with Gasteiger partial charge in [-0.3, -0.25) is 14.4 Å². The fourth-order valence-electron chi connectivity index (χ4n) is 3.29. The third-order valence-corrected chi connectivity index (χ3v) is 5.65. The molecule has 0 spiro atoms. The second kappa shape index (κ2) is 9.01. The van der Waals surface area contributed by atoms with Gasteiger partial charge in [0.1, 0.15) is 0 Å². The number of thiophene rings is 1. The van der Waals surface area contributed by atoms with Gasteiger partial charge in [0.25, 0.3) is 0 Å². The van der Waals surface area contributed by atoms with Gasteiger partial charge in [-0.15, -0.1) is 11.3 Å². The van der Waals surface area contributed by atoms with Crippen LogP contribution in [0.3, 0.4) is 0 Å². The second-order valence-electron chi connectivity index (χ2n) is 6.85. The maximum Gasteiger partial charge on any atom is 0.306 e. The summed E-state index contributed by atoms with van der Waals surface area (Å²) < 4.78 is 7.30. The van der Waals surface area contributed by atoms with Crippen LogP contribution in [0.15, 0.2) is 53.9 Å². The Morgan fingerprint density at radius 2 is 1.76 bits per heavy atom. The zero-order chi connectivity index (χ0) is 21.0. The number of ether oxygens (including phenoxy) is 1. The maximum atomic E-state index is 12.9. The van der Waals surface area contributed by atoms with Crippen LogP contribution in [-0.4, -0.2) is 28.2 Å². The van der Waals surface area contributed by atoms with Gasteiger partial charge in [-0.1, -0.05) is 24.3 Å². The summed E-state index contributed by atoms with van der Waals surface area (Å²) >= 11 is 1.34. The molecule has 0 aliphatic carbocycles. The number of aryl methyl sites for hydroxylation is 1. The zero-order valence-electron chi connectivity index (χ0n) is 16.7. The Morgan fingerprint density at radius 3 is 2.41 bits per heavy atom. The van der Waals surface area contributed by atoms with Crippen LogP contribution in [0.25, 0.3) is 5.69 Å². The van der Waals surface area contributed by atoms with Crippen LogP contribution in [0.2, 0.25) is 0 Å². The Bertz CT molecular complexity index is 1020. The van der Waals surface area contributed by atoms with Crippen LogP contribution in [0.5, 0.6) is 0 Å². The van der Waals surface area contributed by atoms with E-state index < -0.39 is 12.1 Å². The van der Waals surface area contributed by atoms with Crippen molar-refractivity contribution >= 4 is 28.9 Å². The SMILES string of the molecule is Cc1cc(C(=O)[C@@H](C)OC(=O)CCC(=O)c2cccs2)c(C)n1-c1ccccc1. The number of benzene rings is 1. The lowest BCUT2D eigenvalue weighted by Crippen LogP contribution is -2.25. The molecule has 0 amide bonds. The van der Waals surface area contributed by atoms with Crippen LogP contribution in [0.4, 0.5) is 0 Å². The molecule has 0 unspecified atom stereocenters. The Labute approximate surface area is 173 Å². The number of para-hydroxylation sites is 1. The lowest BCUT2D eigenvalue weighted by atomic mass is 10.1. The van der Waals surface area contributed by atoms with E-state index in [1.54, 1.807) is 19.1 Å². The number of ketones is 2. The van der Waals surface area contributed by atoms with Gasteiger partial charge in [0.05, 0.1) is 11.3 Å². The first-order chi connectivity index (χ1) is 13.9. The van der Waals surface area contributed by atoms with Crippen LogP contribution in [0.1, 0.15) is 51.2 Å². The largest absolute Gasteiger partial charge is 0.454 e. The second-order valence-corrected chi connectivity index (χ2v) is 7.80. The van der Waals surface area contributed by atoms with Gasteiger partial charge >= 0.3 is 5.97 Å². The summed E-state index contributed by atoms with van der Waals surface area (Å²) in [5, 5.41) is 1.82. The third-order valence-electron chi connectivity index (χ3n) is 4.74. The molecule has 6 heteroatoms. The van der Waals surface area contributed by atoms with Crippen LogP contribution in [-0.2, 0) is 9.53 Å². The standard InChI is InChI=1S/C23H23NO4S/c1-15-14-19(16(2)24(15)18-8-5-4-6-9-18)23(27)17(3)28-22(26)12-11-20(25)21-10-7-13-29-21/h4-10,13-14,17H,11-12H2,1-3H3/t17-/m1/s1. The Hall–Kier alpha value is -2.99. The summed E-state index contributed by atoms with van der Waals surface area (Å²) in [7, 11) is 0. The van der Waals surface area contributed by atoms with Crippen molar-refractivity contribution in [3.05, 3.63) is 75.7 Å². The summed E-state index contributed by atoms with van der Waals surface area (Å²) in [5.41, 5.74) is 3.23. The molecule has 0 aliphatic heterocycles. The van der Waals surface area contributed by atoms with Crippen molar-refractivity contribution in [1.29, 1.82) is 0 Å². The predicted molar refractivity (Wildman–Crippen MR) is 113 cm³/mol. The molecular weight excluding hydrogens is 386 g/mol. The molecule has 0 N–H and O–H groups in total. The Morgan fingerprint density at radius 1 is 1.03 bits per heavy atom.